The molecule has 0 saturated heterocycles. The average molecular weight is 197 g/mol. The summed E-state index contributed by atoms with van der Waals surface area (Å²) in [5.74, 6) is -0.111. The summed E-state index contributed by atoms with van der Waals surface area (Å²) >= 11 is 0. The summed E-state index contributed by atoms with van der Waals surface area (Å²) in [6.07, 6.45) is 0. The maximum Gasteiger partial charge on any atom is 0.126 e. The van der Waals surface area contributed by atoms with Crippen LogP contribution in [0.3, 0.4) is 0 Å². The van der Waals surface area contributed by atoms with Gasteiger partial charge in [-0.05, 0) is 30.7 Å². The van der Waals surface area contributed by atoms with Gasteiger partial charge in [0.25, 0.3) is 0 Å². The first-order valence-corrected chi connectivity index (χ1v) is 5.46. The lowest BCUT2D eigenvalue weighted by Crippen LogP contribution is -2.18. The van der Waals surface area contributed by atoms with Gasteiger partial charge < -0.3 is 4.57 Å². The second-order valence-corrected chi connectivity index (χ2v) is 4.68. The minimum absolute atomic E-state index is 0.111. The standard InChI is InChI=1S/C10H16FNSi/c1-3-12(13)7-9-4-5-10(11)8(2)6-9/h4-6H,3,7H2,1-2,13H3. The van der Waals surface area contributed by atoms with E-state index in [1.807, 2.05) is 19.1 Å². The number of hydrogen-bond donors (Lipinski definition) is 0. The van der Waals surface area contributed by atoms with Gasteiger partial charge in [-0.15, -0.1) is 0 Å². The number of halogens is 1. The molecule has 0 saturated carbocycles. The molecule has 72 valence electrons. The lowest BCUT2D eigenvalue weighted by atomic mass is 10.1. The van der Waals surface area contributed by atoms with Crippen LogP contribution in [0.25, 0.3) is 0 Å². The molecular formula is C10H16FNSi. The largest absolute Gasteiger partial charge is 0.329 e. The van der Waals surface area contributed by atoms with Crippen molar-refractivity contribution < 1.29 is 4.39 Å². The topological polar surface area (TPSA) is 3.24 Å². The molecule has 1 aromatic carbocycles. The Morgan fingerprint density at radius 1 is 1.46 bits per heavy atom. The van der Waals surface area contributed by atoms with Crippen molar-refractivity contribution in [3.8, 4) is 0 Å². The van der Waals surface area contributed by atoms with Crippen molar-refractivity contribution in [1.29, 1.82) is 0 Å². The molecule has 0 spiro atoms. The van der Waals surface area contributed by atoms with Crippen LogP contribution in [0.5, 0.6) is 0 Å². The molecule has 0 aromatic heterocycles. The van der Waals surface area contributed by atoms with E-state index in [9.17, 15) is 4.39 Å². The Labute approximate surface area is 82.1 Å². The van der Waals surface area contributed by atoms with Gasteiger partial charge in [0.2, 0.25) is 0 Å². The molecule has 1 aromatic rings. The Kier molecular flexibility index (Phi) is 3.63. The number of rotatable bonds is 3. The van der Waals surface area contributed by atoms with Crippen LogP contribution in [0, 0.1) is 12.7 Å². The summed E-state index contributed by atoms with van der Waals surface area (Å²) in [7, 11) is 1.06. The third-order valence-corrected chi connectivity index (χ3v) is 3.16. The van der Waals surface area contributed by atoms with E-state index in [4.69, 9.17) is 0 Å². The summed E-state index contributed by atoms with van der Waals surface area (Å²) in [6, 6.07) is 5.34. The van der Waals surface area contributed by atoms with Crippen LogP contribution in [-0.4, -0.2) is 21.5 Å². The summed E-state index contributed by atoms with van der Waals surface area (Å²) in [5.41, 5.74) is 1.94. The fraction of sp³-hybridized carbons (Fsp3) is 0.400. The quantitative estimate of drug-likeness (QED) is 0.659. The van der Waals surface area contributed by atoms with Gasteiger partial charge in [-0.25, -0.2) is 4.39 Å². The predicted molar refractivity (Wildman–Crippen MR) is 57.2 cm³/mol. The molecule has 0 aliphatic heterocycles. The van der Waals surface area contributed by atoms with Gasteiger partial charge in [0.1, 0.15) is 5.82 Å². The molecule has 0 unspecified atom stereocenters. The van der Waals surface area contributed by atoms with Crippen LogP contribution in [0.15, 0.2) is 18.2 Å². The molecule has 3 heteroatoms. The minimum atomic E-state index is -0.111. The summed E-state index contributed by atoms with van der Waals surface area (Å²) in [4.78, 5) is 0. The molecule has 1 nitrogen and oxygen atoms in total. The van der Waals surface area contributed by atoms with E-state index in [2.05, 4.69) is 11.5 Å². The van der Waals surface area contributed by atoms with E-state index in [-0.39, 0.29) is 5.82 Å². The SMILES string of the molecule is CCN([SiH3])Cc1ccc(F)c(C)c1. The highest BCUT2D eigenvalue weighted by Gasteiger charge is 2.00. The highest BCUT2D eigenvalue weighted by Crippen LogP contribution is 2.10. The molecule has 0 bridgehead atoms. The highest BCUT2D eigenvalue weighted by molar-refractivity contribution is 6.04. The van der Waals surface area contributed by atoms with Gasteiger partial charge in [0.15, 0.2) is 0 Å². The molecule has 1 rings (SSSR count). The predicted octanol–water partition coefficient (Wildman–Crippen LogP) is 1.24. The zero-order valence-electron chi connectivity index (χ0n) is 8.47. The molecule has 0 aliphatic carbocycles. The Morgan fingerprint density at radius 3 is 2.69 bits per heavy atom. The molecule has 0 fully saturated rings. The Hall–Kier alpha value is -0.673. The van der Waals surface area contributed by atoms with Crippen molar-refractivity contribution in [2.45, 2.75) is 20.4 Å². The van der Waals surface area contributed by atoms with E-state index in [1.54, 1.807) is 6.07 Å². The van der Waals surface area contributed by atoms with Crippen LogP contribution < -0.4 is 0 Å². The number of benzene rings is 1. The van der Waals surface area contributed by atoms with Crippen LogP contribution >= 0.6 is 0 Å². The van der Waals surface area contributed by atoms with Crippen molar-refractivity contribution in [1.82, 2.24) is 4.57 Å². The molecule has 0 amide bonds. The van der Waals surface area contributed by atoms with Crippen LogP contribution in [0.2, 0.25) is 0 Å². The first kappa shape index (κ1) is 10.4. The molecular weight excluding hydrogens is 181 g/mol. The summed E-state index contributed by atoms with van der Waals surface area (Å²) in [5, 5.41) is 0. The third kappa shape index (κ3) is 2.93. The maximum atomic E-state index is 12.9. The number of hydrogen-bond acceptors (Lipinski definition) is 1. The van der Waals surface area contributed by atoms with Crippen LogP contribution in [0.1, 0.15) is 18.1 Å². The smallest absolute Gasteiger partial charge is 0.126 e. The highest BCUT2D eigenvalue weighted by atomic mass is 28.2. The fourth-order valence-electron chi connectivity index (χ4n) is 1.23. The Balaban J connectivity index is 2.73. The van der Waals surface area contributed by atoms with Gasteiger partial charge >= 0.3 is 0 Å². The first-order valence-electron chi connectivity index (χ1n) is 4.57. The fourth-order valence-corrected chi connectivity index (χ4v) is 1.59. The third-order valence-electron chi connectivity index (χ3n) is 2.21. The number of nitrogens with zero attached hydrogens (tertiary/aromatic N) is 1. The lowest BCUT2D eigenvalue weighted by molar-refractivity contribution is 0.473. The molecule has 0 aliphatic rings. The van der Waals surface area contributed by atoms with E-state index < -0.39 is 0 Å². The monoisotopic (exact) mass is 197 g/mol. The van der Waals surface area contributed by atoms with E-state index in [0.29, 0.717) is 0 Å². The van der Waals surface area contributed by atoms with Crippen molar-refractivity contribution >= 4 is 10.4 Å². The normalized spacial score (nSPS) is 11.1. The van der Waals surface area contributed by atoms with E-state index >= 15 is 0 Å². The summed E-state index contributed by atoms with van der Waals surface area (Å²) < 4.78 is 15.2. The van der Waals surface area contributed by atoms with E-state index in [1.165, 1.54) is 5.56 Å². The van der Waals surface area contributed by atoms with Gasteiger partial charge in [-0.3, -0.25) is 0 Å². The van der Waals surface area contributed by atoms with Gasteiger partial charge in [0.05, 0.1) is 10.4 Å². The van der Waals surface area contributed by atoms with E-state index in [0.717, 1.165) is 29.1 Å². The zero-order chi connectivity index (χ0) is 9.84. The Morgan fingerprint density at radius 2 is 2.15 bits per heavy atom. The van der Waals surface area contributed by atoms with Crippen molar-refractivity contribution in [3.05, 3.63) is 35.1 Å². The van der Waals surface area contributed by atoms with Crippen molar-refractivity contribution in [2.24, 2.45) is 0 Å². The van der Waals surface area contributed by atoms with Gasteiger partial charge in [0, 0.05) is 6.54 Å². The lowest BCUT2D eigenvalue weighted by Gasteiger charge is -2.14. The molecule has 0 heterocycles. The van der Waals surface area contributed by atoms with Crippen LogP contribution in [-0.2, 0) is 6.54 Å². The first-order chi connectivity index (χ1) is 6.13. The zero-order valence-corrected chi connectivity index (χ0v) is 10.5. The molecule has 0 N–H and O–H groups in total. The Bertz CT molecular complexity index is 288. The molecule has 13 heavy (non-hydrogen) atoms. The second kappa shape index (κ2) is 4.53. The molecule has 0 atom stereocenters. The minimum Gasteiger partial charge on any atom is -0.329 e. The van der Waals surface area contributed by atoms with Crippen molar-refractivity contribution in [3.63, 3.8) is 0 Å². The average Bonchev–Trinajstić information content (AvgIpc) is 2.11. The summed E-state index contributed by atoms with van der Waals surface area (Å²) in [6.45, 7) is 5.97. The maximum absolute atomic E-state index is 12.9. The number of aryl methyl sites for hydroxylation is 1. The molecule has 0 radical (unpaired) electrons. The second-order valence-electron chi connectivity index (χ2n) is 3.41. The van der Waals surface area contributed by atoms with Gasteiger partial charge in [-0.2, -0.15) is 0 Å². The van der Waals surface area contributed by atoms with Crippen LogP contribution in [0.4, 0.5) is 4.39 Å². The van der Waals surface area contributed by atoms with Gasteiger partial charge in [-0.1, -0.05) is 19.1 Å². The van der Waals surface area contributed by atoms with Crippen molar-refractivity contribution in [2.75, 3.05) is 6.54 Å².